The number of allylic oxidation sites excluding steroid dienone is 1. The molecule has 2 aliphatic heterocycles. The summed E-state index contributed by atoms with van der Waals surface area (Å²) >= 11 is 0. The molecule has 57 heavy (non-hydrogen) atoms. The second kappa shape index (κ2) is 16.3. The fraction of sp³-hybridized carbons (Fsp3) is 0.348. The number of hydrogen-bond acceptors (Lipinski definition) is 7. The number of benzene rings is 4. The van der Waals surface area contributed by atoms with E-state index in [9.17, 15) is 29.2 Å². The van der Waals surface area contributed by atoms with Gasteiger partial charge in [0.05, 0.1) is 41.8 Å². The van der Waals surface area contributed by atoms with Crippen LogP contribution in [0.15, 0.2) is 120 Å². The molecule has 0 bridgehead atoms. The van der Waals surface area contributed by atoms with E-state index in [-0.39, 0.29) is 53.5 Å². The maximum Gasteiger partial charge on any atom is 0.271 e. The molecule has 0 spiro atoms. The van der Waals surface area contributed by atoms with Crippen molar-refractivity contribution in [3.05, 3.63) is 141 Å². The summed E-state index contributed by atoms with van der Waals surface area (Å²) in [5.74, 6) is -3.55. The fourth-order valence-corrected chi connectivity index (χ4v) is 13.9. The number of carbonyl (C=O) groups is 2. The molecule has 2 saturated heterocycles. The zero-order chi connectivity index (χ0) is 40.5. The molecule has 9 nitrogen and oxygen atoms in total. The first kappa shape index (κ1) is 40.0. The number of carbonyl (C=O) groups excluding carboxylic acids is 2. The number of phenolic OH excluding ortho intramolecular Hbond substituents is 1. The molecule has 2 fully saturated rings. The number of ether oxygens (including phenoxy) is 1. The minimum atomic E-state index is -3.00. The van der Waals surface area contributed by atoms with Crippen LogP contribution >= 0.6 is 0 Å². The zero-order valence-electron chi connectivity index (χ0n) is 32.8. The lowest BCUT2D eigenvalue weighted by atomic mass is 9.69. The summed E-state index contributed by atoms with van der Waals surface area (Å²) < 4.78 is 28.3. The Morgan fingerprint density at radius 2 is 1.63 bits per heavy atom. The normalized spacial score (nSPS) is 21.2. The van der Waals surface area contributed by atoms with Crippen molar-refractivity contribution in [1.29, 1.82) is 0 Å². The summed E-state index contributed by atoms with van der Waals surface area (Å²) in [5, 5.41) is 23.4. The minimum Gasteiger partial charge on any atom is -0.505 e. The van der Waals surface area contributed by atoms with Gasteiger partial charge in [0.25, 0.3) is 14.0 Å². The third kappa shape index (κ3) is 7.63. The van der Waals surface area contributed by atoms with E-state index in [4.69, 9.17) is 9.16 Å². The minimum absolute atomic E-state index is 0.190. The topological polar surface area (TPSA) is 119 Å². The third-order valence-corrected chi connectivity index (χ3v) is 16.8. The SMILES string of the molecule is CCC/C(=C\c1ccc(O)c(F)c1)CC[C@H]1OC[C@H]2C1=C(CO[Si](c1ccccc1)(c1ccccc1)C(C)(C)C)C[C@H]1C(=O)N(c3cccc([N+](=O)[O-])c3)C(=O)[C@H]12. The van der Waals surface area contributed by atoms with Crippen molar-refractivity contribution in [2.45, 2.75) is 70.9 Å². The smallest absolute Gasteiger partial charge is 0.271 e. The first-order valence-corrected chi connectivity index (χ1v) is 21.6. The predicted molar refractivity (Wildman–Crippen MR) is 221 cm³/mol. The van der Waals surface area contributed by atoms with E-state index in [1.807, 2.05) is 42.5 Å². The Morgan fingerprint density at radius 3 is 2.25 bits per heavy atom. The lowest BCUT2D eigenvalue weighted by Crippen LogP contribution is -2.66. The number of nitro groups is 1. The molecule has 3 aliphatic rings. The van der Waals surface area contributed by atoms with E-state index in [1.165, 1.54) is 30.3 Å². The molecule has 2 amide bonds. The van der Waals surface area contributed by atoms with Gasteiger partial charge >= 0.3 is 0 Å². The summed E-state index contributed by atoms with van der Waals surface area (Å²) in [7, 11) is -3.00. The number of halogens is 1. The van der Waals surface area contributed by atoms with Gasteiger partial charge in [-0.05, 0) is 76.0 Å². The van der Waals surface area contributed by atoms with Crippen LogP contribution in [0.3, 0.4) is 0 Å². The van der Waals surface area contributed by atoms with Crippen molar-refractivity contribution < 1.29 is 33.2 Å². The number of hydrogen-bond donors (Lipinski definition) is 1. The highest BCUT2D eigenvalue weighted by Crippen LogP contribution is 2.51. The second-order valence-electron chi connectivity index (χ2n) is 16.4. The number of aromatic hydroxyl groups is 1. The Kier molecular flexibility index (Phi) is 11.4. The summed E-state index contributed by atoms with van der Waals surface area (Å²) in [6.45, 7) is 9.24. The standard InChI is InChI=1S/C46H49FN2O7Si/c1-5-13-30(24-31-20-22-40(50)39(47)25-31)21-23-41-42-32(28-56-57(46(2,3)4,35-16-8-6-9-17-35)36-18-10-7-11-19-36)26-37-43(38(42)29-55-41)45(52)48(44(37)51)33-14-12-15-34(27-33)49(53)54/h6-12,14-20,22,24-25,27,37-38,41,43,50H,5,13,21,23,26,28-29H2,1-4H3/b30-24+/t37-,38+,41-,43-/m1/s1. The lowest BCUT2D eigenvalue weighted by Gasteiger charge is -2.44. The quantitative estimate of drug-likeness (QED) is 0.0475. The molecule has 1 aliphatic carbocycles. The van der Waals surface area contributed by atoms with Gasteiger partial charge in [-0.15, -0.1) is 0 Å². The molecule has 4 aromatic rings. The van der Waals surface area contributed by atoms with E-state index in [0.717, 1.165) is 44.8 Å². The highest BCUT2D eigenvalue weighted by Gasteiger charge is 2.58. The predicted octanol–water partition coefficient (Wildman–Crippen LogP) is 8.50. The molecule has 0 saturated carbocycles. The first-order chi connectivity index (χ1) is 27.3. The number of nitro benzene ring substituents is 1. The zero-order valence-corrected chi connectivity index (χ0v) is 33.8. The van der Waals surface area contributed by atoms with Gasteiger partial charge in [-0.2, -0.15) is 0 Å². The van der Waals surface area contributed by atoms with Gasteiger partial charge in [0.1, 0.15) is 0 Å². The van der Waals surface area contributed by atoms with E-state index < -0.39 is 36.6 Å². The number of imide groups is 1. The highest BCUT2D eigenvalue weighted by molar-refractivity contribution is 6.99. The van der Waals surface area contributed by atoms with Crippen molar-refractivity contribution in [1.82, 2.24) is 0 Å². The largest absolute Gasteiger partial charge is 0.505 e. The van der Waals surface area contributed by atoms with Gasteiger partial charge < -0.3 is 14.3 Å². The highest BCUT2D eigenvalue weighted by atomic mass is 28.4. The molecule has 0 aromatic heterocycles. The lowest BCUT2D eigenvalue weighted by molar-refractivity contribution is -0.384. The van der Waals surface area contributed by atoms with Crippen molar-refractivity contribution in [2.75, 3.05) is 18.1 Å². The summed E-state index contributed by atoms with van der Waals surface area (Å²) in [5.41, 5.74) is 3.72. The summed E-state index contributed by atoms with van der Waals surface area (Å²) in [6, 6.07) is 30.8. The summed E-state index contributed by atoms with van der Waals surface area (Å²) in [6.07, 6.45) is 4.85. The number of fused-ring (bicyclic) bond motifs is 3. The number of anilines is 1. The average Bonchev–Trinajstić information content (AvgIpc) is 3.73. The van der Waals surface area contributed by atoms with Crippen molar-refractivity contribution in [3.63, 3.8) is 0 Å². The fourth-order valence-electron chi connectivity index (χ4n) is 9.32. The van der Waals surface area contributed by atoms with Crippen molar-refractivity contribution in [3.8, 4) is 5.75 Å². The van der Waals surface area contributed by atoms with Crippen LogP contribution in [0.4, 0.5) is 15.8 Å². The first-order valence-electron chi connectivity index (χ1n) is 19.7. The molecule has 4 aromatic carbocycles. The van der Waals surface area contributed by atoms with E-state index in [0.29, 0.717) is 24.8 Å². The Morgan fingerprint density at radius 1 is 0.947 bits per heavy atom. The molecule has 0 radical (unpaired) electrons. The van der Waals surface area contributed by atoms with Crippen LogP contribution < -0.4 is 15.3 Å². The van der Waals surface area contributed by atoms with Crippen LogP contribution in [0.5, 0.6) is 5.75 Å². The van der Waals surface area contributed by atoms with Crippen LogP contribution in [0.2, 0.25) is 5.04 Å². The number of non-ortho nitro benzene ring substituents is 1. The molecule has 0 unspecified atom stereocenters. The maximum atomic E-state index is 14.4. The number of phenols is 1. The third-order valence-electron chi connectivity index (χ3n) is 11.8. The molecule has 296 valence electrons. The van der Waals surface area contributed by atoms with Crippen LogP contribution in [0.25, 0.3) is 6.08 Å². The number of amides is 2. The molecular weight excluding hydrogens is 740 g/mol. The van der Waals surface area contributed by atoms with Gasteiger partial charge in [0.15, 0.2) is 11.6 Å². The monoisotopic (exact) mass is 788 g/mol. The molecule has 7 rings (SSSR count). The number of nitrogens with zero attached hydrogens (tertiary/aromatic N) is 2. The van der Waals surface area contributed by atoms with Crippen molar-refractivity contribution >= 4 is 48.0 Å². The number of rotatable bonds is 13. The Bertz CT molecular complexity index is 2180. The Balaban J connectivity index is 1.28. The molecular formula is C46H49FN2O7Si. The molecule has 4 atom stereocenters. The van der Waals surface area contributed by atoms with E-state index >= 15 is 0 Å². The van der Waals surface area contributed by atoms with E-state index in [2.05, 4.69) is 52.0 Å². The maximum absolute atomic E-state index is 14.4. The van der Waals surface area contributed by atoms with E-state index in [1.54, 1.807) is 12.1 Å². The average molecular weight is 789 g/mol. The molecule has 1 N–H and O–H groups in total. The molecule has 2 heterocycles. The van der Waals surface area contributed by atoms with Crippen LogP contribution in [0, 0.1) is 33.7 Å². The van der Waals surface area contributed by atoms with Gasteiger partial charge in [-0.3, -0.25) is 19.7 Å². The van der Waals surface area contributed by atoms with Gasteiger partial charge in [-0.1, -0.05) is 119 Å². The van der Waals surface area contributed by atoms with Crippen LogP contribution in [-0.4, -0.2) is 49.5 Å². The van der Waals surface area contributed by atoms with Gasteiger partial charge in [0, 0.05) is 18.1 Å². The van der Waals surface area contributed by atoms with Gasteiger partial charge in [-0.25, -0.2) is 9.29 Å². The van der Waals surface area contributed by atoms with Gasteiger partial charge in [0.2, 0.25) is 11.8 Å². The van der Waals surface area contributed by atoms with Crippen LogP contribution in [-0.2, 0) is 18.8 Å². The molecule has 11 heteroatoms. The Labute approximate surface area is 334 Å². The van der Waals surface area contributed by atoms with Crippen LogP contribution in [0.1, 0.15) is 65.4 Å². The summed E-state index contributed by atoms with van der Waals surface area (Å²) in [4.78, 5) is 41.0. The Hall–Kier alpha value is -5.23. The van der Waals surface area contributed by atoms with Crippen molar-refractivity contribution in [2.24, 2.45) is 17.8 Å². The second-order valence-corrected chi connectivity index (χ2v) is 20.7.